The van der Waals surface area contributed by atoms with Gasteiger partial charge in [0.25, 0.3) is 11.8 Å². The zero-order valence-electron chi connectivity index (χ0n) is 17.1. The number of likely N-dealkylation sites (N-methyl/N-ethyl adjacent to an activating group) is 1. The van der Waals surface area contributed by atoms with Gasteiger partial charge in [-0.05, 0) is 43.7 Å². The monoisotopic (exact) mass is 398 g/mol. The highest BCUT2D eigenvalue weighted by Crippen LogP contribution is 2.32. The van der Waals surface area contributed by atoms with Crippen molar-refractivity contribution in [3.8, 4) is 11.5 Å². The number of aryl methyl sites for hydroxylation is 1. The van der Waals surface area contributed by atoms with Crippen LogP contribution in [0.2, 0.25) is 0 Å². The summed E-state index contributed by atoms with van der Waals surface area (Å²) in [5.41, 5.74) is 2.83. The van der Waals surface area contributed by atoms with Gasteiger partial charge in [-0.2, -0.15) is 0 Å². The molecule has 0 saturated heterocycles. The van der Waals surface area contributed by atoms with E-state index in [0.717, 1.165) is 27.5 Å². The predicted molar refractivity (Wildman–Crippen MR) is 110 cm³/mol. The molecule has 7 heteroatoms. The number of nitrogens with one attached hydrogen (secondary N) is 3. The number of carbonyl (C=O) groups is 2. The Morgan fingerprint density at radius 2 is 1.66 bits per heavy atom. The van der Waals surface area contributed by atoms with Crippen molar-refractivity contribution in [3.05, 3.63) is 53.6 Å². The molecule has 0 fully saturated rings. The van der Waals surface area contributed by atoms with Crippen molar-refractivity contribution in [3.63, 3.8) is 0 Å². The molecule has 1 unspecified atom stereocenters. The lowest BCUT2D eigenvalue weighted by Crippen LogP contribution is -3.11. The van der Waals surface area contributed by atoms with E-state index in [-0.39, 0.29) is 30.9 Å². The topological polar surface area (TPSA) is 81.1 Å². The number of fused-ring (bicyclic) bond motifs is 1. The molecule has 2 aromatic rings. The van der Waals surface area contributed by atoms with Crippen LogP contribution in [0.15, 0.2) is 42.5 Å². The van der Waals surface area contributed by atoms with Crippen LogP contribution in [0.4, 0.5) is 5.69 Å². The molecule has 2 atom stereocenters. The summed E-state index contributed by atoms with van der Waals surface area (Å²) >= 11 is 0. The second-order valence-corrected chi connectivity index (χ2v) is 7.42. The van der Waals surface area contributed by atoms with Gasteiger partial charge in [-0.25, -0.2) is 0 Å². The van der Waals surface area contributed by atoms with Crippen LogP contribution >= 0.6 is 0 Å². The zero-order chi connectivity index (χ0) is 20.8. The van der Waals surface area contributed by atoms with Crippen molar-refractivity contribution >= 4 is 17.5 Å². The van der Waals surface area contributed by atoms with Crippen LogP contribution < -0.4 is 25.0 Å². The highest BCUT2D eigenvalue weighted by molar-refractivity contribution is 5.91. The quantitative estimate of drug-likeness (QED) is 0.652. The van der Waals surface area contributed by atoms with Crippen LogP contribution in [-0.4, -0.2) is 45.2 Å². The van der Waals surface area contributed by atoms with Gasteiger partial charge in [0, 0.05) is 5.69 Å². The van der Waals surface area contributed by atoms with E-state index in [1.807, 2.05) is 63.4 Å². The maximum absolute atomic E-state index is 12.4. The van der Waals surface area contributed by atoms with Gasteiger partial charge >= 0.3 is 0 Å². The number of hydrogen-bond acceptors (Lipinski definition) is 4. The molecular formula is C22H28N3O4+. The van der Waals surface area contributed by atoms with Crippen molar-refractivity contribution in [1.29, 1.82) is 0 Å². The molecule has 0 aliphatic carbocycles. The molecule has 2 aromatic carbocycles. The molecule has 1 heterocycles. The molecule has 0 aromatic heterocycles. The van der Waals surface area contributed by atoms with Gasteiger partial charge < -0.3 is 25.0 Å². The van der Waals surface area contributed by atoms with E-state index in [1.165, 1.54) is 0 Å². The SMILES string of the molecule is Cc1ccc(NC(=O)C[NH+](C)CC(=O)N[C@@H](C)c2ccc3c(c2)OCCO3)cc1. The largest absolute Gasteiger partial charge is 0.486 e. The highest BCUT2D eigenvalue weighted by Gasteiger charge is 2.18. The van der Waals surface area contributed by atoms with E-state index in [4.69, 9.17) is 9.47 Å². The molecule has 154 valence electrons. The van der Waals surface area contributed by atoms with Crippen LogP contribution in [0.5, 0.6) is 11.5 Å². The number of anilines is 1. The molecule has 3 rings (SSSR count). The van der Waals surface area contributed by atoms with Gasteiger partial charge in [-0.15, -0.1) is 0 Å². The van der Waals surface area contributed by atoms with Crippen molar-refractivity contribution in [1.82, 2.24) is 5.32 Å². The molecule has 2 amide bonds. The van der Waals surface area contributed by atoms with E-state index in [1.54, 1.807) is 0 Å². The number of quaternary nitrogens is 1. The average Bonchev–Trinajstić information content (AvgIpc) is 2.69. The van der Waals surface area contributed by atoms with Gasteiger partial charge in [0.05, 0.1) is 13.1 Å². The normalized spacial score (nSPS) is 14.6. The van der Waals surface area contributed by atoms with E-state index in [9.17, 15) is 9.59 Å². The fourth-order valence-corrected chi connectivity index (χ4v) is 3.16. The summed E-state index contributed by atoms with van der Waals surface area (Å²) in [5, 5.41) is 5.83. The Kier molecular flexibility index (Phi) is 6.72. The Morgan fingerprint density at radius 3 is 2.38 bits per heavy atom. The lowest BCUT2D eigenvalue weighted by atomic mass is 10.1. The first-order valence-corrected chi connectivity index (χ1v) is 9.77. The first kappa shape index (κ1) is 20.7. The minimum Gasteiger partial charge on any atom is -0.486 e. The van der Waals surface area contributed by atoms with E-state index in [0.29, 0.717) is 19.0 Å². The molecule has 0 spiro atoms. The van der Waals surface area contributed by atoms with Crippen molar-refractivity contribution in [2.45, 2.75) is 19.9 Å². The van der Waals surface area contributed by atoms with Crippen LogP contribution in [0.25, 0.3) is 0 Å². The molecule has 3 N–H and O–H groups in total. The summed E-state index contributed by atoms with van der Waals surface area (Å²) < 4.78 is 11.1. The Hall–Kier alpha value is -3.06. The molecule has 0 radical (unpaired) electrons. The molecule has 1 aliphatic heterocycles. The first-order chi connectivity index (χ1) is 13.9. The molecule has 7 nitrogen and oxygen atoms in total. The van der Waals surface area contributed by atoms with Gasteiger partial charge in [0.2, 0.25) is 0 Å². The highest BCUT2D eigenvalue weighted by atomic mass is 16.6. The van der Waals surface area contributed by atoms with Gasteiger partial charge in [0.1, 0.15) is 13.2 Å². The molecule has 29 heavy (non-hydrogen) atoms. The van der Waals surface area contributed by atoms with Crippen LogP contribution in [-0.2, 0) is 9.59 Å². The van der Waals surface area contributed by atoms with Gasteiger partial charge in [-0.3, -0.25) is 9.59 Å². The molecule has 0 saturated carbocycles. The Bertz CT molecular complexity index is 867. The molecular weight excluding hydrogens is 370 g/mol. The number of rotatable bonds is 7. The van der Waals surface area contributed by atoms with Gasteiger partial charge in [-0.1, -0.05) is 23.8 Å². The fraction of sp³-hybridized carbons (Fsp3) is 0.364. The van der Waals surface area contributed by atoms with E-state index in [2.05, 4.69) is 10.6 Å². The summed E-state index contributed by atoms with van der Waals surface area (Å²) in [7, 11) is 1.82. The third-order valence-corrected chi connectivity index (χ3v) is 4.70. The first-order valence-electron chi connectivity index (χ1n) is 9.77. The number of benzene rings is 2. The number of hydrogen-bond donors (Lipinski definition) is 3. The van der Waals surface area contributed by atoms with Crippen LogP contribution in [0.3, 0.4) is 0 Å². The average molecular weight is 398 g/mol. The molecule has 1 aliphatic rings. The van der Waals surface area contributed by atoms with E-state index < -0.39 is 0 Å². The number of carbonyl (C=O) groups excluding carboxylic acids is 2. The smallest absolute Gasteiger partial charge is 0.279 e. The van der Waals surface area contributed by atoms with E-state index >= 15 is 0 Å². The summed E-state index contributed by atoms with van der Waals surface area (Å²) in [6.07, 6.45) is 0. The minimum atomic E-state index is -0.174. The summed E-state index contributed by atoms with van der Waals surface area (Å²) in [6, 6.07) is 13.1. The number of amides is 2. The maximum atomic E-state index is 12.4. The fourth-order valence-electron chi connectivity index (χ4n) is 3.16. The Balaban J connectivity index is 1.46. The summed E-state index contributed by atoms with van der Waals surface area (Å²) in [4.78, 5) is 25.4. The Morgan fingerprint density at radius 1 is 1.00 bits per heavy atom. The second-order valence-electron chi connectivity index (χ2n) is 7.42. The van der Waals surface area contributed by atoms with Crippen molar-refractivity contribution in [2.24, 2.45) is 0 Å². The lowest BCUT2D eigenvalue weighted by Gasteiger charge is -2.21. The second kappa shape index (κ2) is 9.43. The minimum absolute atomic E-state index is 0.118. The predicted octanol–water partition coefficient (Wildman–Crippen LogP) is 1.10. The zero-order valence-corrected chi connectivity index (χ0v) is 17.1. The maximum Gasteiger partial charge on any atom is 0.279 e. The summed E-state index contributed by atoms with van der Waals surface area (Å²) in [6.45, 7) is 5.40. The van der Waals surface area contributed by atoms with Crippen molar-refractivity contribution < 1.29 is 24.0 Å². The third kappa shape index (κ3) is 5.96. The third-order valence-electron chi connectivity index (χ3n) is 4.70. The standard InChI is InChI=1S/C22H27N3O4/c1-15-4-7-18(8-5-15)24-22(27)14-25(3)13-21(26)23-16(2)17-6-9-19-20(12-17)29-11-10-28-19/h4-9,12,16H,10-11,13-14H2,1-3H3,(H,23,26)(H,24,27)/p+1/t16-/m0/s1. The lowest BCUT2D eigenvalue weighted by molar-refractivity contribution is -0.862. The Labute approximate surface area is 171 Å². The van der Waals surface area contributed by atoms with Crippen molar-refractivity contribution in [2.75, 3.05) is 38.7 Å². The molecule has 0 bridgehead atoms. The van der Waals surface area contributed by atoms with Crippen LogP contribution in [0, 0.1) is 6.92 Å². The summed E-state index contributed by atoms with van der Waals surface area (Å²) in [5.74, 6) is 1.18. The number of ether oxygens (including phenoxy) is 2. The van der Waals surface area contributed by atoms with Crippen LogP contribution in [0.1, 0.15) is 24.1 Å². The van der Waals surface area contributed by atoms with Gasteiger partial charge in [0.15, 0.2) is 24.6 Å².